The van der Waals surface area contributed by atoms with Gasteiger partial charge in [0.2, 0.25) is 18.3 Å². The molecule has 4 rings (SSSR count). The van der Waals surface area contributed by atoms with E-state index in [9.17, 15) is 9.90 Å². The maximum atomic E-state index is 12.6. The van der Waals surface area contributed by atoms with Gasteiger partial charge >= 0.3 is 0 Å². The Morgan fingerprint density at radius 2 is 2.23 bits per heavy atom. The molecule has 26 heavy (non-hydrogen) atoms. The van der Waals surface area contributed by atoms with Crippen LogP contribution in [0.1, 0.15) is 31.4 Å². The number of carbonyl (C=O) groups is 1. The molecule has 0 bridgehead atoms. The number of carbonyl (C=O) groups excluding carboxylic acids is 1. The second-order valence-corrected chi connectivity index (χ2v) is 6.99. The van der Waals surface area contributed by atoms with Crippen LogP contribution in [-0.4, -0.2) is 30.6 Å². The fourth-order valence-electron chi connectivity index (χ4n) is 4.38. The van der Waals surface area contributed by atoms with Gasteiger partial charge in [0.1, 0.15) is 0 Å². The molecule has 6 heteroatoms. The van der Waals surface area contributed by atoms with Gasteiger partial charge in [-0.05, 0) is 24.1 Å². The maximum absolute atomic E-state index is 12.6. The van der Waals surface area contributed by atoms with Gasteiger partial charge in [-0.3, -0.25) is 4.79 Å². The van der Waals surface area contributed by atoms with Crippen molar-refractivity contribution in [3.8, 4) is 17.2 Å². The lowest BCUT2D eigenvalue weighted by Crippen LogP contribution is -2.53. The molecule has 0 aromatic heterocycles. The first kappa shape index (κ1) is 17.1. The number of fused-ring (bicyclic) bond motifs is 2. The largest absolute Gasteiger partial charge is 0.493 e. The van der Waals surface area contributed by atoms with Crippen molar-refractivity contribution in [3.63, 3.8) is 0 Å². The van der Waals surface area contributed by atoms with E-state index in [1.807, 2.05) is 31.2 Å². The van der Waals surface area contributed by atoms with Crippen LogP contribution in [0.4, 0.5) is 0 Å². The number of allylic oxidation sites excluding steroid dienone is 2. The summed E-state index contributed by atoms with van der Waals surface area (Å²) in [5.74, 6) is -0.720. The van der Waals surface area contributed by atoms with Crippen LogP contribution in [-0.2, 0) is 9.53 Å². The minimum absolute atomic E-state index is 0.127. The third-order valence-electron chi connectivity index (χ3n) is 5.78. The van der Waals surface area contributed by atoms with E-state index in [-0.39, 0.29) is 24.9 Å². The van der Waals surface area contributed by atoms with Crippen LogP contribution in [0.25, 0.3) is 0 Å². The smallest absolute Gasteiger partial charge is 0.237 e. The summed E-state index contributed by atoms with van der Waals surface area (Å²) in [6.45, 7) is 5.91. The molecule has 0 spiro atoms. The van der Waals surface area contributed by atoms with Crippen LogP contribution >= 0.6 is 0 Å². The third kappa shape index (κ3) is 2.09. The number of benzene rings is 1. The van der Waals surface area contributed by atoms with Gasteiger partial charge in [0.05, 0.1) is 18.6 Å². The second kappa shape index (κ2) is 5.86. The quantitative estimate of drug-likeness (QED) is 0.834. The number of methoxy groups -OCH3 is 1. The zero-order valence-corrected chi connectivity index (χ0v) is 14.9. The van der Waals surface area contributed by atoms with Crippen LogP contribution in [0.5, 0.6) is 17.2 Å². The van der Waals surface area contributed by atoms with Crippen LogP contribution in [0.2, 0.25) is 0 Å². The molecule has 1 aromatic rings. The molecule has 6 nitrogen and oxygen atoms in total. The van der Waals surface area contributed by atoms with Crippen molar-refractivity contribution < 1.29 is 28.8 Å². The number of ketones is 1. The molecular weight excluding hydrogens is 336 g/mol. The second-order valence-electron chi connectivity index (χ2n) is 6.99. The predicted molar refractivity (Wildman–Crippen MR) is 93.1 cm³/mol. The van der Waals surface area contributed by atoms with Gasteiger partial charge in [0.25, 0.3) is 0 Å². The van der Waals surface area contributed by atoms with E-state index in [0.29, 0.717) is 23.7 Å². The van der Waals surface area contributed by atoms with Crippen molar-refractivity contribution >= 4 is 5.78 Å². The fraction of sp³-hybridized carbons (Fsp3) is 0.450. The van der Waals surface area contributed by atoms with Crippen molar-refractivity contribution in [2.24, 2.45) is 11.3 Å². The molecule has 1 aliphatic carbocycles. The van der Waals surface area contributed by atoms with E-state index in [1.165, 1.54) is 0 Å². The first-order valence-corrected chi connectivity index (χ1v) is 8.66. The molecule has 0 radical (unpaired) electrons. The molecule has 4 atom stereocenters. The molecule has 1 fully saturated rings. The summed E-state index contributed by atoms with van der Waals surface area (Å²) in [5, 5.41) is 11.2. The summed E-state index contributed by atoms with van der Waals surface area (Å²) in [7, 11) is 1.55. The van der Waals surface area contributed by atoms with E-state index >= 15 is 0 Å². The van der Waals surface area contributed by atoms with E-state index in [1.54, 1.807) is 13.2 Å². The Kier molecular flexibility index (Phi) is 3.86. The Bertz CT molecular complexity index is 800. The molecule has 3 aliphatic rings. The van der Waals surface area contributed by atoms with Crippen molar-refractivity contribution in [2.75, 3.05) is 13.9 Å². The van der Waals surface area contributed by atoms with Crippen LogP contribution in [0, 0.1) is 11.3 Å². The molecule has 0 amide bonds. The molecule has 0 unspecified atom stereocenters. The highest BCUT2D eigenvalue weighted by Gasteiger charge is 2.66. The van der Waals surface area contributed by atoms with Gasteiger partial charge in [-0.2, -0.15) is 0 Å². The molecule has 1 N–H and O–H groups in total. The number of rotatable bonds is 4. The Morgan fingerprint density at radius 3 is 2.96 bits per heavy atom. The lowest BCUT2D eigenvalue weighted by atomic mass is 9.64. The topological polar surface area (TPSA) is 74.2 Å². The van der Waals surface area contributed by atoms with Gasteiger partial charge < -0.3 is 24.1 Å². The van der Waals surface area contributed by atoms with E-state index < -0.39 is 17.3 Å². The maximum Gasteiger partial charge on any atom is 0.237 e. The van der Waals surface area contributed by atoms with Gasteiger partial charge in [-0.15, -0.1) is 6.58 Å². The highest BCUT2D eigenvalue weighted by Crippen LogP contribution is 2.60. The van der Waals surface area contributed by atoms with Gasteiger partial charge in [-0.1, -0.05) is 25.2 Å². The Hall–Kier alpha value is -2.31. The van der Waals surface area contributed by atoms with Crippen molar-refractivity contribution in [1.82, 2.24) is 0 Å². The Morgan fingerprint density at radius 1 is 1.42 bits per heavy atom. The molecule has 138 valence electrons. The molecule has 0 saturated carbocycles. The zero-order valence-electron chi connectivity index (χ0n) is 14.9. The number of hydrogen-bond donors (Lipinski definition) is 1. The van der Waals surface area contributed by atoms with E-state index in [0.717, 1.165) is 5.56 Å². The monoisotopic (exact) mass is 358 g/mol. The summed E-state index contributed by atoms with van der Waals surface area (Å²) in [5.41, 5.74) is -0.0794. The first-order chi connectivity index (χ1) is 12.5. The minimum Gasteiger partial charge on any atom is -0.493 e. The standard InChI is InChI=1S/C20H22O6/c1-4-7-19-8-5-6-16(21)20(19,22)26-17(12(19)2)13-9-14(23-3)18-15(10-13)24-11-25-18/h4-5,8-10,12,17,22H,1,6-7,11H2,2-3H3/t12-,17+,19-,20-/m1/s1. The van der Waals surface area contributed by atoms with Crippen LogP contribution < -0.4 is 14.2 Å². The number of ether oxygens (including phenoxy) is 4. The number of aliphatic hydroxyl groups is 1. The molecule has 1 saturated heterocycles. The predicted octanol–water partition coefficient (Wildman–Crippen LogP) is 2.91. The van der Waals surface area contributed by atoms with Crippen LogP contribution in [0.3, 0.4) is 0 Å². The minimum atomic E-state index is -1.87. The fourth-order valence-corrected chi connectivity index (χ4v) is 4.38. The van der Waals surface area contributed by atoms with Crippen molar-refractivity contribution in [1.29, 1.82) is 0 Å². The lowest BCUT2D eigenvalue weighted by Gasteiger charge is -2.41. The van der Waals surface area contributed by atoms with Gasteiger partial charge in [0.15, 0.2) is 17.3 Å². The summed E-state index contributed by atoms with van der Waals surface area (Å²) in [4.78, 5) is 12.6. The lowest BCUT2D eigenvalue weighted by molar-refractivity contribution is -0.224. The molecule has 2 aliphatic heterocycles. The van der Waals surface area contributed by atoms with Crippen molar-refractivity contribution in [2.45, 2.75) is 31.7 Å². The SMILES string of the molecule is C=CC[C@]12C=CCC(=O)[C@@]1(O)O[C@H](c1cc(OC)c3c(c1)OCO3)[C@H]2C. The summed E-state index contributed by atoms with van der Waals surface area (Å²) in [6, 6.07) is 3.63. The molecular formula is C20H22O6. The Labute approximate surface area is 152 Å². The average molecular weight is 358 g/mol. The highest BCUT2D eigenvalue weighted by molar-refractivity contribution is 5.90. The first-order valence-electron chi connectivity index (χ1n) is 8.66. The Balaban J connectivity index is 1.81. The summed E-state index contributed by atoms with van der Waals surface area (Å²) < 4.78 is 22.4. The summed E-state index contributed by atoms with van der Waals surface area (Å²) >= 11 is 0. The number of hydrogen-bond acceptors (Lipinski definition) is 6. The third-order valence-corrected chi connectivity index (χ3v) is 5.78. The van der Waals surface area contributed by atoms with Crippen molar-refractivity contribution in [3.05, 3.63) is 42.5 Å². The normalized spacial score (nSPS) is 34.7. The van der Waals surface area contributed by atoms with E-state index in [2.05, 4.69) is 6.58 Å². The number of Topliss-reactive ketones (excluding diaryl/α,β-unsaturated/α-hetero) is 1. The average Bonchev–Trinajstić information content (AvgIpc) is 3.19. The van der Waals surface area contributed by atoms with Gasteiger partial charge in [-0.25, -0.2) is 0 Å². The van der Waals surface area contributed by atoms with E-state index in [4.69, 9.17) is 18.9 Å². The highest BCUT2D eigenvalue weighted by atomic mass is 16.7. The molecule has 2 heterocycles. The molecule has 1 aromatic carbocycles. The summed E-state index contributed by atoms with van der Waals surface area (Å²) in [6.07, 6.45) is 5.52. The van der Waals surface area contributed by atoms with Gasteiger partial charge in [0, 0.05) is 12.3 Å². The van der Waals surface area contributed by atoms with Crippen LogP contribution in [0.15, 0.2) is 36.9 Å². The zero-order chi connectivity index (χ0) is 18.5.